The lowest BCUT2D eigenvalue weighted by atomic mass is 10.1. The normalized spacial score (nSPS) is 17.3. The summed E-state index contributed by atoms with van der Waals surface area (Å²) in [5, 5.41) is 4.37. The summed E-state index contributed by atoms with van der Waals surface area (Å²) in [5.74, 6) is -0.225. The minimum absolute atomic E-state index is 0.0173. The molecule has 1 fully saturated rings. The number of Topliss-reactive ketones (excluding diaryl/α,β-unsaturated/α-hetero) is 1. The van der Waals surface area contributed by atoms with Crippen LogP contribution >= 0.6 is 11.6 Å². The average Bonchev–Trinajstić information content (AvgIpc) is 2.49. The van der Waals surface area contributed by atoms with Gasteiger partial charge in [0.05, 0.1) is 12.6 Å². The van der Waals surface area contributed by atoms with Crippen LogP contribution in [0.5, 0.6) is 0 Å². The van der Waals surface area contributed by atoms with Crippen molar-refractivity contribution in [1.29, 1.82) is 0 Å². The molecule has 80 valence electrons. The molecule has 1 aromatic heterocycles. The Hall–Kier alpha value is -1.36. The fourth-order valence-corrected chi connectivity index (χ4v) is 1.76. The molecule has 0 aliphatic carbocycles. The predicted octanol–water partition coefficient (Wildman–Crippen LogP) is 0.769. The number of amides is 1. The molecule has 1 aromatic rings. The monoisotopic (exact) mass is 227 g/mol. The first kappa shape index (κ1) is 10.2. The summed E-state index contributed by atoms with van der Waals surface area (Å²) in [7, 11) is 1.70. The Labute approximate surface area is 91.6 Å². The number of hydrogen-bond acceptors (Lipinski definition) is 3. The largest absolute Gasteiger partial charge is 0.307 e. The number of nitrogens with zero attached hydrogens (tertiary/aromatic N) is 3. The van der Waals surface area contributed by atoms with Gasteiger partial charge in [0, 0.05) is 20.0 Å². The second-order valence-electron chi connectivity index (χ2n) is 3.46. The zero-order chi connectivity index (χ0) is 11.0. The molecule has 0 radical (unpaired) electrons. The molecule has 0 unspecified atom stereocenters. The molecule has 0 aromatic carbocycles. The third-order valence-corrected chi connectivity index (χ3v) is 2.84. The second kappa shape index (κ2) is 3.66. The zero-order valence-corrected chi connectivity index (χ0v) is 8.99. The minimum Gasteiger partial charge on any atom is -0.307 e. The summed E-state index contributed by atoms with van der Waals surface area (Å²) in [6.45, 7) is 0.392. The van der Waals surface area contributed by atoms with Gasteiger partial charge in [-0.3, -0.25) is 14.3 Å². The molecule has 1 saturated heterocycles. The van der Waals surface area contributed by atoms with Gasteiger partial charge in [0.2, 0.25) is 5.91 Å². The number of hydrogen-bond donors (Lipinski definition) is 0. The van der Waals surface area contributed by atoms with Gasteiger partial charge in [0.1, 0.15) is 11.5 Å². The molecule has 1 amide bonds. The first-order valence-corrected chi connectivity index (χ1v) is 4.97. The molecule has 5 nitrogen and oxygen atoms in total. The lowest BCUT2D eigenvalue weighted by Gasteiger charge is -2.24. The standard InChI is InChI=1S/C9H10ClN3O2/c1-12-9(10)7(5-11-12)13-3-2-6(14)4-8(13)15/h5H,2-4H2,1H3. The van der Waals surface area contributed by atoms with Crippen molar-refractivity contribution in [2.24, 2.45) is 7.05 Å². The van der Waals surface area contributed by atoms with Crippen LogP contribution in [0.4, 0.5) is 5.69 Å². The maximum absolute atomic E-state index is 11.6. The maximum atomic E-state index is 11.6. The highest BCUT2D eigenvalue weighted by molar-refractivity contribution is 6.33. The van der Waals surface area contributed by atoms with Crippen molar-refractivity contribution in [3.05, 3.63) is 11.3 Å². The summed E-state index contributed by atoms with van der Waals surface area (Å²) in [4.78, 5) is 24.1. The van der Waals surface area contributed by atoms with Crippen molar-refractivity contribution in [2.75, 3.05) is 11.4 Å². The van der Waals surface area contributed by atoms with Gasteiger partial charge in [-0.2, -0.15) is 5.10 Å². The van der Waals surface area contributed by atoms with E-state index in [1.54, 1.807) is 7.05 Å². The van der Waals surface area contributed by atoms with E-state index in [9.17, 15) is 9.59 Å². The van der Waals surface area contributed by atoms with Crippen molar-refractivity contribution in [3.8, 4) is 0 Å². The number of ketones is 1. The van der Waals surface area contributed by atoms with Crippen LogP contribution in [-0.4, -0.2) is 28.0 Å². The summed E-state index contributed by atoms with van der Waals surface area (Å²) in [5.41, 5.74) is 0.580. The third kappa shape index (κ3) is 1.74. The van der Waals surface area contributed by atoms with Crippen LogP contribution in [0.15, 0.2) is 6.20 Å². The Kier molecular flexibility index (Phi) is 2.48. The predicted molar refractivity (Wildman–Crippen MR) is 54.8 cm³/mol. The molecule has 1 aliphatic heterocycles. The highest BCUT2D eigenvalue weighted by Gasteiger charge is 2.27. The van der Waals surface area contributed by atoms with E-state index in [-0.39, 0.29) is 18.1 Å². The van der Waals surface area contributed by atoms with E-state index in [2.05, 4.69) is 5.10 Å². The van der Waals surface area contributed by atoms with E-state index in [0.717, 1.165) is 0 Å². The lowest BCUT2D eigenvalue weighted by Crippen LogP contribution is -2.39. The molecular formula is C9H10ClN3O2. The molecule has 6 heteroatoms. The zero-order valence-electron chi connectivity index (χ0n) is 8.23. The van der Waals surface area contributed by atoms with Crippen LogP contribution in [-0.2, 0) is 16.6 Å². The van der Waals surface area contributed by atoms with Crippen LogP contribution in [0.1, 0.15) is 12.8 Å². The number of carbonyl (C=O) groups is 2. The smallest absolute Gasteiger partial charge is 0.234 e. The van der Waals surface area contributed by atoms with Gasteiger partial charge in [-0.15, -0.1) is 0 Å². The Morgan fingerprint density at radius 3 is 2.73 bits per heavy atom. The lowest BCUT2D eigenvalue weighted by molar-refractivity contribution is -0.128. The summed E-state index contributed by atoms with van der Waals surface area (Å²) in [6.07, 6.45) is 1.89. The van der Waals surface area contributed by atoms with Gasteiger partial charge in [-0.25, -0.2) is 0 Å². The van der Waals surface area contributed by atoms with Crippen molar-refractivity contribution in [1.82, 2.24) is 9.78 Å². The summed E-state index contributed by atoms with van der Waals surface area (Å²) < 4.78 is 1.49. The van der Waals surface area contributed by atoms with Gasteiger partial charge in [0.15, 0.2) is 5.15 Å². The van der Waals surface area contributed by atoms with Crippen molar-refractivity contribution in [2.45, 2.75) is 12.8 Å². The number of aryl methyl sites for hydroxylation is 1. The van der Waals surface area contributed by atoms with E-state index in [0.29, 0.717) is 23.8 Å². The fraction of sp³-hybridized carbons (Fsp3) is 0.444. The Bertz CT molecular complexity index is 427. The molecular weight excluding hydrogens is 218 g/mol. The van der Waals surface area contributed by atoms with E-state index in [1.807, 2.05) is 0 Å². The fourth-order valence-electron chi connectivity index (χ4n) is 1.56. The van der Waals surface area contributed by atoms with Crippen molar-refractivity contribution < 1.29 is 9.59 Å². The molecule has 2 heterocycles. The van der Waals surface area contributed by atoms with Gasteiger partial charge < -0.3 is 4.90 Å². The minimum atomic E-state index is -0.207. The highest BCUT2D eigenvalue weighted by Crippen LogP contribution is 2.27. The summed E-state index contributed by atoms with van der Waals surface area (Å²) in [6, 6.07) is 0. The molecule has 2 rings (SSSR count). The Morgan fingerprint density at radius 1 is 1.47 bits per heavy atom. The van der Waals surface area contributed by atoms with Gasteiger partial charge in [-0.05, 0) is 0 Å². The van der Waals surface area contributed by atoms with E-state index >= 15 is 0 Å². The molecule has 0 spiro atoms. The van der Waals surface area contributed by atoms with Gasteiger partial charge in [-0.1, -0.05) is 11.6 Å². The average molecular weight is 228 g/mol. The van der Waals surface area contributed by atoms with Crippen molar-refractivity contribution >= 4 is 29.0 Å². The summed E-state index contributed by atoms with van der Waals surface area (Å²) >= 11 is 5.97. The van der Waals surface area contributed by atoms with Crippen LogP contribution < -0.4 is 4.90 Å². The topological polar surface area (TPSA) is 55.2 Å². The highest BCUT2D eigenvalue weighted by atomic mass is 35.5. The SMILES string of the molecule is Cn1ncc(N2CCC(=O)CC2=O)c1Cl. The van der Waals surface area contributed by atoms with Crippen molar-refractivity contribution in [3.63, 3.8) is 0 Å². The second-order valence-corrected chi connectivity index (χ2v) is 3.81. The van der Waals surface area contributed by atoms with E-state index < -0.39 is 0 Å². The molecule has 15 heavy (non-hydrogen) atoms. The van der Waals surface area contributed by atoms with Crippen LogP contribution in [0.25, 0.3) is 0 Å². The molecule has 0 N–H and O–H groups in total. The van der Waals surface area contributed by atoms with Crippen LogP contribution in [0.2, 0.25) is 5.15 Å². The maximum Gasteiger partial charge on any atom is 0.234 e. The first-order chi connectivity index (χ1) is 7.09. The van der Waals surface area contributed by atoms with E-state index in [4.69, 9.17) is 11.6 Å². The van der Waals surface area contributed by atoms with Crippen LogP contribution in [0.3, 0.4) is 0 Å². The molecule has 0 bridgehead atoms. The molecule has 1 aliphatic rings. The molecule has 0 atom stereocenters. The third-order valence-electron chi connectivity index (χ3n) is 2.40. The Balaban J connectivity index is 2.28. The number of halogens is 1. The number of piperidine rings is 1. The number of carbonyl (C=O) groups excluding carboxylic acids is 2. The first-order valence-electron chi connectivity index (χ1n) is 4.59. The van der Waals surface area contributed by atoms with Gasteiger partial charge >= 0.3 is 0 Å². The number of aromatic nitrogens is 2. The van der Waals surface area contributed by atoms with E-state index in [1.165, 1.54) is 15.8 Å². The van der Waals surface area contributed by atoms with Crippen LogP contribution in [0, 0.1) is 0 Å². The Morgan fingerprint density at radius 2 is 2.20 bits per heavy atom. The van der Waals surface area contributed by atoms with Gasteiger partial charge in [0.25, 0.3) is 0 Å². The number of rotatable bonds is 1. The number of anilines is 1. The molecule has 0 saturated carbocycles. The quantitative estimate of drug-likeness (QED) is 0.666.